The van der Waals surface area contributed by atoms with E-state index in [1.165, 1.54) is 4.90 Å². The molecular weight excluding hydrogens is 272 g/mol. The van der Waals surface area contributed by atoms with Gasteiger partial charge in [-0.05, 0) is 31.5 Å². The van der Waals surface area contributed by atoms with Crippen molar-refractivity contribution in [1.82, 2.24) is 10.2 Å². The quantitative estimate of drug-likeness (QED) is 0.807. The van der Waals surface area contributed by atoms with Crippen LogP contribution in [0, 0.1) is 0 Å². The molecule has 0 atom stereocenters. The molecule has 0 saturated carbocycles. The third-order valence-electron chi connectivity index (χ3n) is 3.03. The predicted molar refractivity (Wildman–Crippen MR) is 79.3 cm³/mol. The Morgan fingerprint density at radius 1 is 1.38 bits per heavy atom. The summed E-state index contributed by atoms with van der Waals surface area (Å²) in [5, 5.41) is 11.5. The molecule has 0 saturated heterocycles. The summed E-state index contributed by atoms with van der Waals surface area (Å²) in [6, 6.07) is 7.09. The van der Waals surface area contributed by atoms with Gasteiger partial charge >= 0.3 is 12.0 Å². The predicted octanol–water partition coefficient (Wildman–Crippen LogP) is 2.09. The largest absolute Gasteiger partial charge is 0.497 e. The van der Waals surface area contributed by atoms with Crippen LogP contribution >= 0.6 is 0 Å². The van der Waals surface area contributed by atoms with Gasteiger partial charge in [-0.1, -0.05) is 12.1 Å². The van der Waals surface area contributed by atoms with Crippen molar-refractivity contribution < 1.29 is 19.4 Å². The number of aliphatic carboxylic acids is 1. The van der Waals surface area contributed by atoms with Gasteiger partial charge in [0.25, 0.3) is 0 Å². The van der Waals surface area contributed by atoms with Gasteiger partial charge < -0.3 is 20.1 Å². The summed E-state index contributed by atoms with van der Waals surface area (Å²) in [6.45, 7) is 4.27. The maximum atomic E-state index is 12.1. The molecule has 1 aromatic carbocycles. The number of benzene rings is 1. The van der Waals surface area contributed by atoms with E-state index in [1.54, 1.807) is 7.11 Å². The van der Waals surface area contributed by atoms with E-state index in [0.29, 0.717) is 6.54 Å². The van der Waals surface area contributed by atoms with Crippen molar-refractivity contribution in [2.75, 3.05) is 13.7 Å². The van der Waals surface area contributed by atoms with E-state index in [0.717, 1.165) is 11.3 Å². The fourth-order valence-corrected chi connectivity index (χ4v) is 1.87. The third-order valence-corrected chi connectivity index (χ3v) is 3.03. The molecule has 0 aliphatic heterocycles. The van der Waals surface area contributed by atoms with Crippen LogP contribution in [0.5, 0.6) is 5.75 Å². The highest BCUT2D eigenvalue weighted by atomic mass is 16.5. The number of nitrogens with zero attached hydrogens (tertiary/aromatic N) is 1. The Morgan fingerprint density at radius 3 is 2.67 bits per heavy atom. The number of rotatable bonds is 7. The highest BCUT2D eigenvalue weighted by Gasteiger charge is 2.17. The number of hydrogen-bond donors (Lipinski definition) is 2. The monoisotopic (exact) mass is 294 g/mol. The van der Waals surface area contributed by atoms with E-state index in [-0.39, 0.29) is 25.0 Å². The van der Waals surface area contributed by atoms with Crippen molar-refractivity contribution in [3.63, 3.8) is 0 Å². The lowest BCUT2D eigenvalue weighted by molar-refractivity contribution is -0.137. The lowest BCUT2D eigenvalue weighted by atomic mass is 10.2. The van der Waals surface area contributed by atoms with E-state index in [2.05, 4.69) is 5.32 Å². The summed E-state index contributed by atoms with van der Waals surface area (Å²) >= 11 is 0. The number of ether oxygens (including phenoxy) is 1. The van der Waals surface area contributed by atoms with Gasteiger partial charge in [0.2, 0.25) is 0 Å². The number of hydrogen-bond acceptors (Lipinski definition) is 3. The molecule has 0 aliphatic carbocycles. The van der Waals surface area contributed by atoms with Crippen molar-refractivity contribution in [3.8, 4) is 5.75 Å². The fourth-order valence-electron chi connectivity index (χ4n) is 1.87. The zero-order valence-corrected chi connectivity index (χ0v) is 12.6. The molecule has 0 bridgehead atoms. The Kier molecular flexibility index (Phi) is 6.52. The van der Waals surface area contributed by atoms with E-state index >= 15 is 0 Å². The van der Waals surface area contributed by atoms with Crippen LogP contribution in [0.4, 0.5) is 4.79 Å². The van der Waals surface area contributed by atoms with Crippen LogP contribution in [0.2, 0.25) is 0 Å². The number of carboxylic acid groups (broad SMARTS) is 1. The van der Waals surface area contributed by atoms with Crippen LogP contribution in [0.25, 0.3) is 0 Å². The maximum absolute atomic E-state index is 12.1. The van der Waals surface area contributed by atoms with E-state index in [9.17, 15) is 9.59 Å². The SMILES string of the molecule is COc1cccc(CNC(=O)N(CCC(=O)O)C(C)C)c1. The van der Waals surface area contributed by atoms with Crippen LogP contribution < -0.4 is 10.1 Å². The molecule has 6 heteroatoms. The number of nitrogens with one attached hydrogen (secondary N) is 1. The molecule has 1 aromatic rings. The Hall–Kier alpha value is -2.24. The Morgan fingerprint density at radius 2 is 2.10 bits per heavy atom. The zero-order valence-electron chi connectivity index (χ0n) is 12.6. The first-order chi connectivity index (χ1) is 9.93. The second kappa shape index (κ2) is 8.14. The average Bonchev–Trinajstić information content (AvgIpc) is 2.44. The summed E-state index contributed by atoms with van der Waals surface area (Å²) in [6.07, 6.45) is -0.0647. The van der Waals surface area contributed by atoms with Gasteiger partial charge in [0, 0.05) is 19.1 Å². The van der Waals surface area contributed by atoms with Gasteiger partial charge in [-0.25, -0.2) is 4.79 Å². The number of carbonyl (C=O) groups is 2. The minimum absolute atomic E-state index is 0.0605. The summed E-state index contributed by atoms with van der Waals surface area (Å²) < 4.78 is 5.12. The fraction of sp³-hybridized carbons (Fsp3) is 0.467. The molecule has 21 heavy (non-hydrogen) atoms. The van der Waals surface area contributed by atoms with Crippen LogP contribution in [0.3, 0.4) is 0 Å². The first-order valence-corrected chi connectivity index (χ1v) is 6.83. The zero-order chi connectivity index (χ0) is 15.8. The van der Waals surface area contributed by atoms with E-state index in [4.69, 9.17) is 9.84 Å². The number of amides is 2. The molecule has 2 N–H and O–H groups in total. The molecule has 1 rings (SSSR count). The minimum Gasteiger partial charge on any atom is -0.497 e. The first kappa shape index (κ1) is 16.8. The van der Waals surface area contributed by atoms with Gasteiger partial charge in [-0.3, -0.25) is 4.79 Å². The van der Waals surface area contributed by atoms with E-state index < -0.39 is 5.97 Å². The molecule has 0 heterocycles. The smallest absolute Gasteiger partial charge is 0.317 e. The normalized spacial score (nSPS) is 10.3. The summed E-state index contributed by atoms with van der Waals surface area (Å²) in [7, 11) is 1.59. The molecular formula is C15H22N2O4. The molecule has 0 unspecified atom stereocenters. The molecule has 0 aliphatic rings. The van der Waals surface area contributed by atoms with Crippen LogP contribution in [0.1, 0.15) is 25.8 Å². The standard InChI is InChI=1S/C15H22N2O4/c1-11(2)17(8-7-14(18)19)15(20)16-10-12-5-4-6-13(9-12)21-3/h4-6,9,11H,7-8,10H2,1-3H3,(H,16,20)(H,18,19). The second-order valence-electron chi connectivity index (χ2n) is 4.94. The maximum Gasteiger partial charge on any atom is 0.317 e. The lowest BCUT2D eigenvalue weighted by Crippen LogP contribution is -2.44. The van der Waals surface area contributed by atoms with Crippen LogP contribution in [-0.2, 0) is 11.3 Å². The lowest BCUT2D eigenvalue weighted by Gasteiger charge is -2.26. The molecule has 0 fully saturated rings. The van der Waals surface area contributed by atoms with Crippen molar-refractivity contribution in [3.05, 3.63) is 29.8 Å². The Labute approximate surface area is 124 Å². The average molecular weight is 294 g/mol. The van der Waals surface area contributed by atoms with Crippen molar-refractivity contribution in [2.24, 2.45) is 0 Å². The van der Waals surface area contributed by atoms with Crippen molar-refractivity contribution in [2.45, 2.75) is 32.9 Å². The van der Waals surface area contributed by atoms with Crippen LogP contribution in [0.15, 0.2) is 24.3 Å². The molecule has 2 amide bonds. The van der Waals surface area contributed by atoms with Gasteiger partial charge in [-0.2, -0.15) is 0 Å². The second-order valence-corrected chi connectivity index (χ2v) is 4.94. The minimum atomic E-state index is -0.916. The topological polar surface area (TPSA) is 78.9 Å². The molecule has 0 radical (unpaired) electrons. The molecule has 116 valence electrons. The number of carboxylic acids is 1. The van der Waals surface area contributed by atoms with Gasteiger partial charge in [0.15, 0.2) is 0 Å². The highest BCUT2D eigenvalue weighted by Crippen LogP contribution is 2.12. The van der Waals surface area contributed by atoms with Gasteiger partial charge in [-0.15, -0.1) is 0 Å². The van der Waals surface area contributed by atoms with E-state index in [1.807, 2.05) is 38.1 Å². The molecule has 6 nitrogen and oxygen atoms in total. The number of urea groups is 1. The number of methoxy groups -OCH3 is 1. The Bertz CT molecular complexity index is 488. The summed E-state index contributed by atoms with van der Waals surface area (Å²) in [5.74, 6) is -0.186. The van der Waals surface area contributed by atoms with Gasteiger partial charge in [0.05, 0.1) is 13.5 Å². The molecule has 0 spiro atoms. The Balaban J connectivity index is 2.58. The van der Waals surface area contributed by atoms with Gasteiger partial charge in [0.1, 0.15) is 5.75 Å². The summed E-state index contributed by atoms with van der Waals surface area (Å²) in [5.41, 5.74) is 0.921. The van der Waals surface area contributed by atoms with Crippen molar-refractivity contribution in [1.29, 1.82) is 0 Å². The molecule has 0 aromatic heterocycles. The third kappa shape index (κ3) is 5.72. The van der Waals surface area contributed by atoms with Crippen molar-refractivity contribution >= 4 is 12.0 Å². The van der Waals surface area contributed by atoms with Crippen LogP contribution in [-0.4, -0.2) is 41.7 Å². The summed E-state index contributed by atoms with van der Waals surface area (Å²) in [4.78, 5) is 24.3. The highest BCUT2D eigenvalue weighted by molar-refractivity contribution is 5.75. The first-order valence-electron chi connectivity index (χ1n) is 6.83. The number of carbonyl (C=O) groups excluding carboxylic acids is 1.